The number of carbonyl (C=O) groups is 1. The topological polar surface area (TPSA) is 73.9 Å². The predicted octanol–water partition coefficient (Wildman–Crippen LogP) is 1.44. The van der Waals surface area contributed by atoms with Crippen LogP contribution in [0.2, 0.25) is 0 Å². The van der Waals surface area contributed by atoms with Crippen molar-refractivity contribution in [3.8, 4) is 0 Å². The lowest BCUT2D eigenvalue weighted by atomic mass is 10.3. The minimum Gasteiger partial charge on any atom is -0.331 e. The molecule has 0 unspecified atom stereocenters. The van der Waals surface area contributed by atoms with Crippen molar-refractivity contribution in [2.45, 2.75) is 39.7 Å². The molecule has 1 fully saturated rings. The minimum atomic E-state index is -0.00815. The third-order valence-electron chi connectivity index (χ3n) is 3.00. The van der Waals surface area contributed by atoms with E-state index in [1.54, 1.807) is 0 Å². The van der Waals surface area contributed by atoms with E-state index in [2.05, 4.69) is 27.4 Å². The maximum Gasteiger partial charge on any atom is 0.317 e. The highest BCUT2D eigenvalue weighted by Gasteiger charge is 2.26. The van der Waals surface area contributed by atoms with Gasteiger partial charge in [0.05, 0.1) is 6.54 Å². The Bertz CT molecular complexity index is 399. The molecule has 1 aromatic rings. The minimum absolute atomic E-state index is 0.00815. The highest BCUT2D eigenvalue weighted by molar-refractivity contribution is 5.74. The van der Waals surface area contributed by atoms with E-state index in [9.17, 15) is 4.79 Å². The lowest BCUT2D eigenvalue weighted by Crippen LogP contribution is -2.41. The third-order valence-corrected chi connectivity index (χ3v) is 3.00. The van der Waals surface area contributed by atoms with E-state index in [1.807, 2.05) is 11.8 Å². The molecule has 0 radical (unpaired) electrons. The van der Waals surface area contributed by atoms with Gasteiger partial charge in [0, 0.05) is 13.1 Å². The number of amides is 2. The van der Waals surface area contributed by atoms with Crippen molar-refractivity contribution >= 4 is 6.03 Å². The lowest BCUT2D eigenvalue weighted by molar-refractivity contribution is 0.194. The van der Waals surface area contributed by atoms with E-state index in [0.29, 0.717) is 18.3 Å². The van der Waals surface area contributed by atoms with Crippen LogP contribution in [-0.4, -0.2) is 39.2 Å². The van der Waals surface area contributed by atoms with Crippen LogP contribution in [0.1, 0.15) is 37.8 Å². The summed E-state index contributed by atoms with van der Waals surface area (Å²) in [6.07, 6.45) is 3.50. The quantitative estimate of drug-likeness (QED) is 0.803. The first kappa shape index (κ1) is 12.9. The Kier molecular flexibility index (Phi) is 4.17. The number of nitrogens with zero attached hydrogens (tertiary/aromatic N) is 3. The van der Waals surface area contributed by atoms with Crippen molar-refractivity contribution in [1.29, 1.82) is 0 Å². The maximum absolute atomic E-state index is 12.0. The number of hydrogen-bond acceptors (Lipinski definition) is 3. The molecule has 100 valence electrons. The first-order valence-electron chi connectivity index (χ1n) is 6.59. The van der Waals surface area contributed by atoms with Crippen molar-refractivity contribution < 1.29 is 4.79 Å². The van der Waals surface area contributed by atoms with E-state index in [0.717, 1.165) is 25.3 Å². The first-order chi connectivity index (χ1) is 8.69. The van der Waals surface area contributed by atoms with Crippen molar-refractivity contribution in [3.05, 3.63) is 11.6 Å². The molecule has 6 heteroatoms. The summed E-state index contributed by atoms with van der Waals surface area (Å²) in [6, 6.07) is -0.00815. The molecular weight excluding hydrogens is 230 g/mol. The fourth-order valence-electron chi connectivity index (χ4n) is 1.89. The Morgan fingerprint density at radius 3 is 2.89 bits per heavy atom. The van der Waals surface area contributed by atoms with Gasteiger partial charge in [-0.25, -0.2) is 9.78 Å². The van der Waals surface area contributed by atoms with Crippen LogP contribution in [0.15, 0.2) is 0 Å². The number of hydrogen-bond donors (Lipinski definition) is 2. The van der Waals surface area contributed by atoms with E-state index in [-0.39, 0.29) is 6.03 Å². The number of rotatable bonds is 6. The Labute approximate surface area is 107 Å². The molecule has 2 N–H and O–H groups in total. The van der Waals surface area contributed by atoms with Gasteiger partial charge in [0.2, 0.25) is 0 Å². The molecule has 1 aromatic heterocycles. The fourth-order valence-corrected chi connectivity index (χ4v) is 1.89. The SMILES string of the molecule is CCCN(CC1CC1)C(=O)NCc1n[nH]c(C)n1. The van der Waals surface area contributed by atoms with Crippen LogP contribution in [0.5, 0.6) is 0 Å². The molecule has 2 amide bonds. The van der Waals surface area contributed by atoms with Crippen LogP contribution in [0.3, 0.4) is 0 Å². The van der Waals surface area contributed by atoms with Gasteiger partial charge in [0.25, 0.3) is 0 Å². The Morgan fingerprint density at radius 1 is 1.56 bits per heavy atom. The van der Waals surface area contributed by atoms with Gasteiger partial charge in [-0.2, -0.15) is 5.10 Å². The van der Waals surface area contributed by atoms with Crippen molar-refractivity contribution in [2.75, 3.05) is 13.1 Å². The monoisotopic (exact) mass is 251 g/mol. The molecule has 0 aliphatic heterocycles. The first-order valence-corrected chi connectivity index (χ1v) is 6.59. The molecule has 6 nitrogen and oxygen atoms in total. The number of aromatic nitrogens is 3. The highest BCUT2D eigenvalue weighted by Crippen LogP contribution is 2.29. The van der Waals surface area contributed by atoms with Crippen molar-refractivity contribution in [1.82, 2.24) is 25.4 Å². The van der Waals surface area contributed by atoms with Crippen LogP contribution in [0, 0.1) is 12.8 Å². The van der Waals surface area contributed by atoms with Crippen LogP contribution in [0.25, 0.3) is 0 Å². The predicted molar refractivity (Wildman–Crippen MR) is 67.9 cm³/mol. The second-order valence-electron chi connectivity index (χ2n) is 4.89. The van der Waals surface area contributed by atoms with Gasteiger partial charge >= 0.3 is 6.03 Å². The molecule has 1 aliphatic carbocycles. The van der Waals surface area contributed by atoms with Gasteiger partial charge in [-0.15, -0.1) is 0 Å². The Hall–Kier alpha value is -1.59. The van der Waals surface area contributed by atoms with E-state index in [1.165, 1.54) is 12.8 Å². The van der Waals surface area contributed by atoms with Gasteiger partial charge < -0.3 is 10.2 Å². The van der Waals surface area contributed by atoms with Gasteiger partial charge in [0.1, 0.15) is 5.82 Å². The van der Waals surface area contributed by atoms with Crippen LogP contribution < -0.4 is 5.32 Å². The molecule has 2 rings (SSSR count). The summed E-state index contributed by atoms with van der Waals surface area (Å²) >= 11 is 0. The number of H-pyrrole nitrogens is 1. The number of nitrogens with one attached hydrogen (secondary N) is 2. The van der Waals surface area contributed by atoms with Crippen molar-refractivity contribution in [2.24, 2.45) is 5.92 Å². The van der Waals surface area contributed by atoms with Gasteiger partial charge in [-0.1, -0.05) is 6.92 Å². The average Bonchev–Trinajstić information content (AvgIpc) is 3.07. The molecule has 1 aliphatic rings. The molecule has 18 heavy (non-hydrogen) atoms. The number of carbonyl (C=O) groups excluding carboxylic acids is 1. The van der Waals surface area contributed by atoms with Crippen LogP contribution in [-0.2, 0) is 6.54 Å². The van der Waals surface area contributed by atoms with Gasteiger partial charge in [-0.3, -0.25) is 5.10 Å². The zero-order valence-electron chi connectivity index (χ0n) is 11.1. The third kappa shape index (κ3) is 3.72. The number of urea groups is 1. The Morgan fingerprint density at radius 2 is 2.33 bits per heavy atom. The molecular formula is C12H21N5O. The summed E-state index contributed by atoms with van der Waals surface area (Å²) in [7, 11) is 0. The van der Waals surface area contributed by atoms with E-state index >= 15 is 0 Å². The summed E-state index contributed by atoms with van der Waals surface area (Å²) in [4.78, 5) is 18.1. The molecule has 0 aromatic carbocycles. The van der Waals surface area contributed by atoms with Crippen LogP contribution >= 0.6 is 0 Å². The molecule has 0 atom stereocenters. The summed E-state index contributed by atoms with van der Waals surface area (Å²) in [5, 5.41) is 9.63. The van der Waals surface area contributed by atoms with Crippen molar-refractivity contribution in [3.63, 3.8) is 0 Å². The van der Waals surface area contributed by atoms with Gasteiger partial charge in [0.15, 0.2) is 5.82 Å². The normalized spacial score (nSPS) is 14.6. The molecule has 1 saturated carbocycles. The van der Waals surface area contributed by atoms with Crippen LogP contribution in [0.4, 0.5) is 4.79 Å². The lowest BCUT2D eigenvalue weighted by Gasteiger charge is -2.22. The summed E-state index contributed by atoms with van der Waals surface area (Å²) in [5.41, 5.74) is 0. The molecule has 0 spiro atoms. The average molecular weight is 251 g/mol. The molecule has 1 heterocycles. The number of aromatic amines is 1. The zero-order chi connectivity index (χ0) is 13.0. The summed E-state index contributed by atoms with van der Waals surface area (Å²) < 4.78 is 0. The standard InChI is InChI=1S/C12H21N5O/c1-3-6-17(8-10-4-5-10)12(18)13-7-11-14-9(2)15-16-11/h10H,3-8H2,1-2H3,(H,13,18)(H,14,15,16). The van der Waals surface area contributed by atoms with E-state index < -0.39 is 0 Å². The number of aryl methyl sites for hydroxylation is 1. The van der Waals surface area contributed by atoms with Gasteiger partial charge in [-0.05, 0) is 32.1 Å². The second kappa shape index (κ2) is 5.84. The highest BCUT2D eigenvalue weighted by atomic mass is 16.2. The largest absolute Gasteiger partial charge is 0.331 e. The molecule has 0 bridgehead atoms. The fraction of sp³-hybridized carbons (Fsp3) is 0.750. The maximum atomic E-state index is 12.0. The molecule has 0 saturated heterocycles. The second-order valence-corrected chi connectivity index (χ2v) is 4.89. The Balaban J connectivity index is 1.80. The summed E-state index contributed by atoms with van der Waals surface area (Å²) in [5.74, 6) is 2.11. The summed E-state index contributed by atoms with van der Waals surface area (Å²) in [6.45, 7) is 6.01. The van der Waals surface area contributed by atoms with E-state index in [4.69, 9.17) is 0 Å². The smallest absolute Gasteiger partial charge is 0.317 e. The zero-order valence-corrected chi connectivity index (χ0v) is 11.1.